The lowest BCUT2D eigenvalue weighted by atomic mass is 10.1. The quantitative estimate of drug-likeness (QED) is 0.852. The molecule has 0 heterocycles. The van der Waals surface area contributed by atoms with Gasteiger partial charge in [0, 0.05) is 16.6 Å². The van der Waals surface area contributed by atoms with Crippen molar-refractivity contribution in [3.63, 3.8) is 0 Å². The fourth-order valence-corrected chi connectivity index (χ4v) is 4.00. The Morgan fingerprint density at radius 1 is 1.32 bits per heavy atom. The van der Waals surface area contributed by atoms with Crippen molar-refractivity contribution in [2.45, 2.75) is 37.3 Å². The van der Waals surface area contributed by atoms with Gasteiger partial charge < -0.3 is 10.4 Å². The Kier molecular flexibility index (Phi) is 5.55. The molecule has 0 fully saturated rings. The molecular formula is C13H20BrNO3S. The average Bonchev–Trinajstić information content (AvgIpc) is 2.25. The van der Waals surface area contributed by atoms with E-state index in [-0.39, 0.29) is 22.7 Å². The number of hydrogen-bond donors (Lipinski definition) is 2. The predicted octanol–water partition coefficient (Wildman–Crippen LogP) is 1.97. The van der Waals surface area contributed by atoms with Gasteiger partial charge in [-0.05, 0) is 48.8 Å². The second kappa shape index (κ2) is 6.35. The van der Waals surface area contributed by atoms with Gasteiger partial charge in [0.15, 0.2) is 9.84 Å². The van der Waals surface area contributed by atoms with Gasteiger partial charge in [0.05, 0.1) is 16.8 Å². The van der Waals surface area contributed by atoms with E-state index in [0.29, 0.717) is 4.47 Å². The van der Waals surface area contributed by atoms with Crippen molar-refractivity contribution >= 4 is 25.8 Å². The maximum Gasteiger partial charge on any atom is 0.182 e. The Balaban J connectivity index is 2.73. The molecular weight excluding hydrogens is 330 g/mol. The molecule has 4 nitrogen and oxygen atoms in total. The van der Waals surface area contributed by atoms with Crippen LogP contribution in [0.4, 0.5) is 0 Å². The first-order valence-corrected chi connectivity index (χ1v) is 8.47. The van der Waals surface area contributed by atoms with Crippen LogP contribution in [0.15, 0.2) is 33.6 Å². The van der Waals surface area contributed by atoms with E-state index in [1.807, 2.05) is 20.8 Å². The molecule has 1 aromatic carbocycles. The molecule has 6 heteroatoms. The van der Waals surface area contributed by atoms with E-state index in [1.165, 1.54) is 6.07 Å². The molecule has 19 heavy (non-hydrogen) atoms. The van der Waals surface area contributed by atoms with Gasteiger partial charge in [-0.1, -0.05) is 12.1 Å². The van der Waals surface area contributed by atoms with Crippen LogP contribution in [-0.4, -0.2) is 37.5 Å². The molecule has 1 rings (SSSR count). The molecule has 0 saturated heterocycles. The second-order valence-electron chi connectivity index (χ2n) is 5.50. The molecule has 108 valence electrons. The SMILES string of the molecule is CC(C)(C)NCC(O)CS(=O)(=O)c1ccccc1Br. The van der Waals surface area contributed by atoms with Gasteiger partial charge in [-0.3, -0.25) is 0 Å². The maximum atomic E-state index is 12.2. The fraction of sp³-hybridized carbons (Fsp3) is 0.538. The summed E-state index contributed by atoms with van der Waals surface area (Å²) < 4.78 is 24.9. The molecule has 0 spiro atoms. The van der Waals surface area contributed by atoms with Crippen molar-refractivity contribution in [1.29, 1.82) is 0 Å². The summed E-state index contributed by atoms with van der Waals surface area (Å²) in [6.07, 6.45) is -0.934. The predicted molar refractivity (Wildman–Crippen MR) is 80.0 cm³/mol. The summed E-state index contributed by atoms with van der Waals surface area (Å²) in [5.74, 6) is -0.293. The Labute approximate surface area is 123 Å². The van der Waals surface area contributed by atoms with Gasteiger partial charge in [0.25, 0.3) is 0 Å². The first-order valence-electron chi connectivity index (χ1n) is 6.02. The average molecular weight is 350 g/mol. The van der Waals surface area contributed by atoms with Crippen molar-refractivity contribution in [2.24, 2.45) is 0 Å². The van der Waals surface area contributed by atoms with Gasteiger partial charge >= 0.3 is 0 Å². The zero-order valence-corrected chi connectivity index (χ0v) is 13.8. The number of nitrogens with one attached hydrogen (secondary N) is 1. The summed E-state index contributed by atoms with van der Waals surface area (Å²) >= 11 is 3.22. The summed E-state index contributed by atoms with van der Waals surface area (Å²) in [5.41, 5.74) is -0.155. The van der Waals surface area contributed by atoms with Crippen LogP contribution in [0.25, 0.3) is 0 Å². The normalized spacial score (nSPS) is 14.4. The molecule has 0 saturated carbocycles. The lowest BCUT2D eigenvalue weighted by molar-refractivity contribution is 0.181. The molecule has 0 aromatic heterocycles. The van der Waals surface area contributed by atoms with E-state index < -0.39 is 15.9 Å². The van der Waals surface area contributed by atoms with Crippen molar-refractivity contribution in [3.05, 3.63) is 28.7 Å². The van der Waals surface area contributed by atoms with Crippen molar-refractivity contribution in [1.82, 2.24) is 5.32 Å². The number of aliphatic hydroxyl groups excluding tert-OH is 1. The van der Waals surface area contributed by atoms with Crippen LogP contribution in [-0.2, 0) is 9.84 Å². The van der Waals surface area contributed by atoms with E-state index in [9.17, 15) is 13.5 Å². The number of aliphatic hydroxyl groups is 1. The highest BCUT2D eigenvalue weighted by Crippen LogP contribution is 2.22. The Hall–Kier alpha value is -0.430. The number of hydrogen-bond acceptors (Lipinski definition) is 4. The summed E-state index contributed by atoms with van der Waals surface area (Å²) in [7, 11) is -3.49. The highest BCUT2D eigenvalue weighted by molar-refractivity contribution is 9.10. The number of halogens is 1. The minimum atomic E-state index is -3.49. The molecule has 2 N–H and O–H groups in total. The van der Waals surface area contributed by atoms with Gasteiger partial charge in [0.2, 0.25) is 0 Å². The van der Waals surface area contributed by atoms with E-state index >= 15 is 0 Å². The number of β-amino-alcohol motifs (C(OH)–C–C–N with tert-alkyl or cyclic N) is 1. The third-order valence-corrected chi connectivity index (χ3v) is 5.26. The maximum absolute atomic E-state index is 12.2. The molecule has 0 aliphatic rings. The zero-order valence-electron chi connectivity index (χ0n) is 11.4. The van der Waals surface area contributed by atoms with Gasteiger partial charge in [-0.2, -0.15) is 0 Å². The first-order chi connectivity index (χ1) is 8.62. The molecule has 0 amide bonds. The van der Waals surface area contributed by atoms with Crippen LogP contribution in [0.3, 0.4) is 0 Å². The molecule has 0 aliphatic carbocycles. The summed E-state index contributed by atoms with van der Waals surface area (Å²) in [5, 5.41) is 12.9. The Morgan fingerprint density at radius 3 is 2.42 bits per heavy atom. The number of sulfone groups is 1. The summed E-state index contributed by atoms with van der Waals surface area (Å²) in [6.45, 7) is 6.12. The summed E-state index contributed by atoms with van der Waals surface area (Å²) in [4.78, 5) is 0.213. The standard InChI is InChI=1S/C13H20BrNO3S/c1-13(2,3)15-8-10(16)9-19(17,18)12-7-5-4-6-11(12)14/h4-7,10,15-16H,8-9H2,1-3H3. The topological polar surface area (TPSA) is 66.4 Å². The number of benzene rings is 1. The zero-order chi connectivity index (χ0) is 14.7. The summed E-state index contributed by atoms with van der Waals surface area (Å²) in [6, 6.07) is 6.62. The lowest BCUT2D eigenvalue weighted by Crippen LogP contribution is -2.42. The Morgan fingerprint density at radius 2 is 1.89 bits per heavy atom. The minimum absolute atomic E-state index is 0.155. The van der Waals surface area contributed by atoms with Crippen molar-refractivity contribution in [3.8, 4) is 0 Å². The molecule has 1 unspecified atom stereocenters. The highest BCUT2D eigenvalue weighted by atomic mass is 79.9. The van der Waals surface area contributed by atoms with Crippen molar-refractivity contribution < 1.29 is 13.5 Å². The second-order valence-corrected chi connectivity index (χ2v) is 8.35. The third kappa shape index (κ3) is 5.60. The van der Waals surface area contributed by atoms with Crippen molar-refractivity contribution in [2.75, 3.05) is 12.3 Å². The van der Waals surface area contributed by atoms with Gasteiger partial charge in [-0.15, -0.1) is 0 Å². The third-order valence-electron chi connectivity index (χ3n) is 2.45. The minimum Gasteiger partial charge on any atom is -0.391 e. The van der Waals surface area contributed by atoms with E-state index in [1.54, 1.807) is 18.2 Å². The monoisotopic (exact) mass is 349 g/mol. The molecule has 1 atom stereocenters. The van der Waals surface area contributed by atoms with Crippen LogP contribution < -0.4 is 5.32 Å². The fourth-order valence-electron chi connectivity index (χ4n) is 1.52. The Bertz CT molecular complexity index is 523. The molecule has 0 bridgehead atoms. The lowest BCUT2D eigenvalue weighted by Gasteiger charge is -2.22. The first kappa shape index (κ1) is 16.6. The largest absolute Gasteiger partial charge is 0.391 e. The van der Waals surface area contributed by atoms with Crippen LogP contribution >= 0.6 is 15.9 Å². The van der Waals surface area contributed by atoms with E-state index in [2.05, 4.69) is 21.2 Å². The van der Waals surface area contributed by atoms with Gasteiger partial charge in [0.1, 0.15) is 0 Å². The van der Waals surface area contributed by atoms with E-state index in [0.717, 1.165) is 0 Å². The highest BCUT2D eigenvalue weighted by Gasteiger charge is 2.22. The van der Waals surface area contributed by atoms with Crippen LogP contribution in [0.2, 0.25) is 0 Å². The smallest absolute Gasteiger partial charge is 0.182 e. The molecule has 0 radical (unpaired) electrons. The van der Waals surface area contributed by atoms with E-state index in [4.69, 9.17) is 0 Å². The van der Waals surface area contributed by atoms with Gasteiger partial charge in [-0.25, -0.2) is 8.42 Å². The van der Waals surface area contributed by atoms with Crippen LogP contribution in [0.5, 0.6) is 0 Å². The van der Waals surface area contributed by atoms with Crippen LogP contribution in [0.1, 0.15) is 20.8 Å². The van der Waals surface area contributed by atoms with Crippen LogP contribution in [0, 0.1) is 0 Å². The number of rotatable bonds is 5. The molecule has 1 aromatic rings. The molecule has 0 aliphatic heterocycles.